The first-order chi connectivity index (χ1) is 13.6. The second-order valence-corrected chi connectivity index (χ2v) is 6.63. The zero-order valence-corrected chi connectivity index (χ0v) is 15.5. The van der Waals surface area contributed by atoms with Gasteiger partial charge in [0.1, 0.15) is 12.3 Å². The maximum atomic E-state index is 12.4. The maximum absolute atomic E-state index is 12.4. The molecule has 0 amide bonds. The Balaban J connectivity index is 1.42. The highest BCUT2D eigenvalue weighted by Gasteiger charge is 2.12. The van der Waals surface area contributed by atoms with Gasteiger partial charge in [0.25, 0.3) is 0 Å². The van der Waals surface area contributed by atoms with Crippen LogP contribution >= 0.6 is 11.6 Å². The fourth-order valence-electron chi connectivity index (χ4n) is 2.82. The summed E-state index contributed by atoms with van der Waals surface area (Å²) in [6.07, 6.45) is 3.49. The molecule has 5 nitrogen and oxygen atoms in total. The molecule has 0 aliphatic heterocycles. The van der Waals surface area contributed by atoms with Crippen LogP contribution in [0.15, 0.2) is 79.1 Å². The zero-order valence-electron chi connectivity index (χ0n) is 14.7. The Morgan fingerprint density at radius 3 is 2.29 bits per heavy atom. The van der Waals surface area contributed by atoms with Gasteiger partial charge >= 0.3 is 5.97 Å². The molecular formula is C22H15ClN2O3. The molecule has 0 bridgehead atoms. The molecule has 2 heterocycles. The SMILES string of the molecule is O=C(OCc1cn2cc(Cl)ccc2n1)c1ccc(C(=O)c2ccccc2)cc1. The van der Waals surface area contributed by atoms with E-state index >= 15 is 0 Å². The molecule has 0 aliphatic rings. The van der Waals surface area contributed by atoms with Gasteiger partial charge in [-0.1, -0.05) is 54.1 Å². The van der Waals surface area contributed by atoms with Crippen LogP contribution in [0.4, 0.5) is 0 Å². The number of hydrogen-bond acceptors (Lipinski definition) is 4. The minimum atomic E-state index is -0.478. The highest BCUT2D eigenvalue weighted by atomic mass is 35.5. The minimum Gasteiger partial charge on any atom is -0.456 e. The average molecular weight is 391 g/mol. The molecule has 138 valence electrons. The predicted octanol–water partition coefficient (Wildman–Crippen LogP) is 4.58. The van der Waals surface area contributed by atoms with Crippen LogP contribution in [0, 0.1) is 0 Å². The fraction of sp³-hybridized carbons (Fsp3) is 0.0455. The zero-order chi connectivity index (χ0) is 19.5. The Labute approximate surface area is 166 Å². The van der Waals surface area contributed by atoms with Crippen LogP contribution in [0.5, 0.6) is 0 Å². The molecule has 0 aliphatic carbocycles. The van der Waals surface area contributed by atoms with E-state index < -0.39 is 5.97 Å². The molecule has 0 N–H and O–H groups in total. The lowest BCUT2D eigenvalue weighted by atomic mass is 10.0. The van der Waals surface area contributed by atoms with Gasteiger partial charge in [0, 0.05) is 23.5 Å². The summed E-state index contributed by atoms with van der Waals surface area (Å²) >= 11 is 5.95. The summed E-state index contributed by atoms with van der Waals surface area (Å²) in [6, 6.07) is 18.9. The third-order valence-electron chi connectivity index (χ3n) is 4.23. The Bertz CT molecular complexity index is 1150. The molecule has 0 spiro atoms. The monoisotopic (exact) mass is 390 g/mol. The number of carbonyl (C=O) groups is 2. The second-order valence-electron chi connectivity index (χ2n) is 6.19. The molecule has 4 rings (SSSR count). The molecule has 0 unspecified atom stereocenters. The molecule has 2 aromatic heterocycles. The first-order valence-electron chi connectivity index (χ1n) is 8.60. The summed E-state index contributed by atoms with van der Waals surface area (Å²) < 4.78 is 7.10. The number of aromatic nitrogens is 2. The number of imidazole rings is 1. The lowest BCUT2D eigenvalue weighted by Crippen LogP contribution is -2.07. The summed E-state index contributed by atoms with van der Waals surface area (Å²) in [4.78, 5) is 29.1. The number of halogens is 1. The van der Waals surface area contributed by atoms with Gasteiger partial charge in [0.15, 0.2) is 5.78 Å². The van der Waals surface area contributed by atoms with Gasteiger partial charge in [-0.2, -0.15) is 0 Å². The molecule has 0 radical (unpaired) electrons. The molecule has 2 aromatic carbocycles. The van der Waals surface area contributed by atoms with Crippen molar-refractivity contribution in [2.24, 2.45) is 0 Å². The van der Waals surface area contributed by atoms with Crippen molar-refractivity contribution >= 4 is 29.0 Å². The van der Waals surface area contributed by atoms with Crippen molar-refractivity contribution in [3.8, 4) is 0 Å². The third kappa shape index (κ3) is 3.80. The van der Waals surface area contributed by atoms with E-state index in [1.165, 1.54) is 0 Å². The van der Waals surface area contributed by atoms with Crippen molar-refractivity contribution in [1.29, 1.82) is 0 Å². The highest BCUT2D eigenvalue weighted by molar-refractivity contribution is 6.30. The van der Waals surface area contributed by atoms with E-state index in [9.17, 15) is 9.59 Å². The number of nitrogens with zero attached hydrogens (tertiary/aromatic N) is 2. The van der Waals surface area contributed by atoms with Crippen molar-refractivity contribution in [3.63, 3.8) is 0 Å². The summed E-state index contributed by atoms with van der Waals surface area (Å²) in [7, 11) is 0. The van der Waals surface area contributed by atoms with E-state index in [4.69, 9.17) is 16.3 Å². The first kappa shape index (κ1) is 17.9. The number of benzene rings is 2. The largest absolute Gasteiger partial charge is 0.456 e. The quantitative estimate of drug-likeness (QED) is 0.370. The summed E-state index contributed by atoms with van der Waals surface area (Å²) in [5, 5.41) is 0.596. The predicted molar refractivity (Wildman–Crippen MR) is 106 cm³/mol. The van der Waals surface area contributed by atoms with E-state index in [0.717, 1.165) is 5.65 Å². The normalized spacial score (nSPS) is 10.8. The number of hydrogen-bond donors (Lipinski definition) is 0. The number of rotatable bonds is 5. The molecule has 0 saturated carbocycles. The van der Waals surface area contributed by atoms with Crippen LogP contribution in [0.2, 0.25) is 5.02 Å². The van der Waals surface area contributed by atoms with Gasteiger partial charge in [0.2, 0.25) is 0 Å². The number of esters is 1. The first-order valence-corrected chi connectivity index (χ1v) is 8.98. The Morgan fingerprint density at radius 2 is 1.54 bits per heavy atom. The lowest BCUT2D eigenvalue weighted by molar-refractivity contribution is 0.0468. The van der Waals surface area contributed by atoms with Gasteiger partial charge in [-0.3, -0.25) is 4.79 Å². The maximum Gasteiger partial charge on any atom is 0.338 e. The van der Waals surface area contributed by atoms with Crippen molar-refractivity contribution in [2.45, 2.75) is 6.61 Å². The fourth-order valence-corrected chi connectivity index (χ4v) is 2.99. The van der Waals surface area contributed by atoms with Crippen LogP contribution in [0.25, 0.3) is 5.65 Å². The molecule has 6 heteroatoms. The number of carbonyl (C=O) groups excluding carboxylic acids is 2. The molecular weight excluding hydrogens is 376 g/mol. The molecule has 0 saturated heterocycles. The molecule has 0 fully saturated rings. The minimum absolute atomic E-state index is 0.0445. The van der Waals surface area contributed by atoms with Gasteiger partial charge in [-0.05, 0) is 24.3 Å². The van der Waals surface area contributed by atoms with E-state index in [0.29, 0.717) is 27.4 Å². The number of fused-ring (bicyclic) bond motifs is 1. The van der Waals surface area contributed by atoms with E-state index in [-0.39, 0.29) is 12.4 Å². The van der Waals surface area contributed by atoms with Gasteiger partial charge in [-0.25, -0.2) is 9.78 Å². The van der Waals surface area contributed by atoms with Gasteiger partial charge in [-0.15, -0.1) is 0 Å². The van der Waals surface area contributed by atoms with Gasteiger partial charge in [0.05, 0.1) is 16.3 Å². The van der Waals surface area contributed by atoms with E-state index in [1.54, 1.807) is 65.3 Å². The van der Waals surface area contributed by atoms with Crippen LogP contribution in [-0.2, 0) is 11.3 Å². The summed E-state index contributed by atoms with van der Waals surface area (Å²) in [5.41, 5.74) is 2.83. The standard InChI is InChI=1S/C22H15ClN2O3/c23-18-10-11-20-24-19(13-25(20)12-18)14-28-22(27)17-8-6-16(7-9-17)21(26)15-4-2-1-3-5-15/h1-13H,14H2. The van der Waals surface area contributed by atoms with Crippen LogP contribution in [0.3, 0.4) is 0 Å². The topological polar surface area (TPSA) is 60.7 Å². The Morgan fingerprint density at radius 1 is 0.857 bits per heavy atom. The lowest BCUT2D eigenvalue weighted by Gasteiger charge is -2.05. The molecule has 4 aromatic rings. The van der Waals surface area contributed by atoms with E-state index in [1.807, 2.05) is 18.2 Å². The average Bonchev–Trinajstić information content (AvgIpc) is 3.14. The van der Waals surface area contributed by atoms with E-state index in [2.05, 4.69) is 4.98 Å². The van der Waals surface area contributed by atoms with Crippen LogP contribution in [0.1, 0.15) is 32.0 Å². The van der Waals surface area contributed by atoms with Gasteiger partial charge < -0.3 is 9.14 Å². The Kier molecular flexibility index (Phi) is 4.91. The molecule has 28 heavy (non-hydrogen) atoms. The van der Waals surface area contributed by atoms with Crippen molar-refractivity contribution in [3.05, 3.63) is 107 Å². The van der Waals surface area contributed by atoms with Crippen LogP contribution in [-0.4, -0.2) is 21.1 Å². The molecule has 0 atom stereocenters. The van der Waals surface area contributed by atoms with Crippen molar-refractivity contribution in [1.82, 2.24) is 9.38 Å². The summed E-state index contributed by atoms with van der Waals surface area (Å²) in [6.45, 7) is 0.0445. The number of ether oxygens (including phenoxy) is 1. The highest BCUT2D eigenvalue weighted by Crippen LogP contribution is 2.14. The Hall–Kier alpha value is -3.44. The van der Waals surface area contributed by atoms with Crippen molar-refractivity contribution in [2.75, 3.05) is 0 Å². The smallest absolute Gasteiger partial charge is 0.338 e. The second kappa shape index (κ2) is 7.66. The number of ketones is 1. The summed E-state index contributed by atoms with van der Waals surface area (Å²) in [5.74, 6) is -0.572. The van der Waals surface area contributed by atoms with Crippen LogP contribution < -0.4 is 0 Å². The number of pyridine rings is 1. The van der Waals surface area contributed by atoms with Crippen molar-refractivity contribution < 1.29 is 14.3 Å². The third-order valence-corrected chi connectivity index (χ3v) is 4.46.